The lowest BCUT2D eigenvalue weighted by Crippen LogP contribution is -2.14. The quantitative estimate of drug-likeness (QED) is 0.726. The van der Waals surface area contributed by atoms with E-state index in [1.165, 1.54) is 11.5 Å². The van der Waals surface area contributed by atoms with E-state index in [4.69, 9.17) is 5.73 Å². The fourth-order valence-corrected chi connectivity index (χ4v) is 2.85. The molecule has 3 aromatic rings. The van der Waals surface area contributed by atoms with Gasteiger partial charge >= 0.3 is 0 Å². The highest BCUT2D eigenvalue weighted by atomic mass is 19.1. The topological polar surface area (TPSA) is 26.0 Å². The van der Waals surface area contributed by atoms with E-state index in [1.54, 1.807) is 13.0 Å². The number of nitrogens with two attached hydrogens (primary N) is 1. The fourth-order valence-electron chi connectivity index (χ4n) is 2.85. The van der Waals surface area contributed by atoms with Gasteiger partial charge in [-0.3, -0.25) is 0 Å². The summed E-state index contributed by atoms with van der Waals surface area (Å²) >= 11 is 0. The molecule has 3 aromatic carbocycles. The minimum atomic E-state index is -0.254. The molecule has 2 N–H and O–H groups in total. The molecule has 3 rings (SSSR count). The van der Waals surface area contributed by atoms with Crippen molar-refractivity contribution in [3.63, 3.8) is 0 Å². The highest BCUT2D eigenvalue weighted by molar-refractivity contribution is 5.87. The normalized spacial score (nSPS) is 12.6. The van der Waals surface area contributed by atoms with Crippen molar-refractivity contribution in [2.24, 2.45) is 5.73 Å². The number of rotatable bonds is 2. The molecule has 1 unspecified atom stereocenters. The second-order valence-electron chi connectivity index (χ2n) is 5.50. The van der Waals surface area contributed by atoms with Crippen LogP contribution < -0.4 is 5.73 Å². The molecule has 0 amide bonds. The van der Waals surface area contributed by atoms with Crippen LogP contribution >= 0.6 is 0 Å². The van der Waals surface area contributed by atoms with Gasteiger partial charge in [-0.25, -0.2) is 4.39 Å². The summed E-state index contributed by atoms with van der Waals surface area (Å²) in [5, 5.41) is 2.33. The third-order valence-electron chi connectivity index (χ3n) is 4.04. The van der Waals surface area contributed by atoms with Gasteiger partial charge in [-0.15, -0.1) is 0 Å². The SMILES string of the molecule is Cc1cc(C(N)c2c(C)ccc3ccccc23)ccc1F. The van der Waals surface area contributed by atoms with Crippen molar-refractivity contribution in [3.8, 4) is 0 Å². The van der Waals surface area contributed by atoms with E-state index in [1.807, 2.05) is 18.2 Å². The third-order valence-corrected chi connectivity index (χ3v) is 4.04. The molecule has 1 atom stereocenters. The van der Waals surface area contributed by atoms with Gasteiger partial charge in [0.05, 0.1) is 6.04 Å². The van der Waals surface area contributed by atoms with E-state index < -0.39 is 0 Å². The summed E-state index contributed by atoms with van der Waals surface area (Å²) in [7, 11) is 0. The average Bonchev–Trinajstić information content (AvgIpc) is 2.49. The third kappa shape index (κ3) is 2.43. The Balaban J connectivity index is 2.19. The molecule has 0 spiro atoms. The monoisotopic (exact) mass is 279 g/mol. The molecule has 0 aliphatic rings. The smallest absolute Gasteiger partial charge is 0.126 e. The van der Waals surface area contributed by atoms with Gasteiger partial charge in [0.1, 0.15) is 5.82 Å². The van der Waals surface area contributed by atoms with Gasteiger partial charge in [0.25, 0.3) is 0 Å². The van der Waals surface area contributed by atoms with E-state index in [0.717, 1.165) is 22.1 Å². The Bertz CT molecular complexity index is 808. The first-order valence-corrected chi connectivity index (χ1v) is 7.08. The Morgan fingerprint density at radius 3 is 2.43 bits per heavy atom. The molecule has 0 bridgehead atoms. The molecule has 0 radical (unpaired) electrons. The lowest BCUT2D eigenvalue weighted by molar-refractivity contribution is 0.617. The van der Waals surface area contributed by atoms with Crippen molar-refractivity contribution in [3.05, 3.63) is 82.7 Å². The molecule has 1 nitrogen and oxygen atoms in total. The standard InChI is InChI=1S/C19H18FN/c1-12-7-8-14-5-3-4-6-16(14)18(12)19(21)15-9-10-17(20)13(2)11-15/h3-11,19H,21H2,1-2H3. The zero-order valence-corrected chi connectivity index (χ0v) is 12.2. The van der Waals surface area contributed by atoms with Crippen LogP contribution in [0.25, 0.3) is 10.8 Å². The van der Waals surface area contributed by atoms with Crippen molar-refractivity contribution in [1.82, 2.24) is 0 Å². The van der Waals surface area contributed by atoms with E-state index >= 15 is 0 Å². The number of halogens is 1. The predicted octanol–water partition coefficient (Wildman–Crippen LogP) is 4.64. The molecule has 0 saturated heterocycles. The number of hydrogen-bond acceptors (Lipinski definition) is 1. The maximum Gasteiger partial charge on any atom is 0.126 e. The molecule has 106 valence electrons. The molecular formula is C19H18FN. The van der Waals surface area contributed by atoms with Gasteiger partial charge < -0.3 is 5.73 Å². The highest BCUT2D eigenvalue weighted by Gasteiger charge is 2.15. The van der Waals surface area contributed by atoms with E-state index in [0.29, 0.717) is 5.56 Å². The van der Waals surface area contributed by atoms with Crippen LogP contribution in [0, 0.1) is 19.7 Å². The first-order chi connectivity index (χ1) is 10.1. The summed E-state index contributed by atoms with van der Waals surface area (Å²) in [6.07, 6.45) is 0. The fraction of sp³-hybridized carbons (Fsp3) is 0.158. The van der Waals surface area contributed by atoms with Crippen LogP contribution in [0.4, 0.5) is 4.39 Å². The van der Waals surface area contributed by atoms with Crippen LogP contribution in [0.5, 0.6) is 0 Å². The minimum Gasteiger partial charge on any atom is -0.320 e. The van der Waals surface area contributed by atoms with Gasteiger partial charge in [0, 0.05) is 0 Å². The number of aryl methyl sites for hydroxylation is 2. The van der Waals surface area contributed by atoms with Gasteiger partial charge in [0.2, 0.25) is 0 Å². The lowest BCUT2D eigenvalue weighted by Gasteiger charge is -2.18. The molecular weight excluding hydrogens is 261 g/mol. The molecule has 0 aliphatic carbocycles. The summed E-state index contributed by atoms with van der Waals surface area (Å²) in [6.45, 7) is 3.83. The Hall–Kier alpha value is -2.19. The Morgan fingerprint density at radius 2 is 1.67 bits per heavy atom. The zero-order chi connectivity index (χ0) is 15.0. The van der Waals surface area contributed by atoms with Gasteiger partial charge in [0.15, 0.2) is 0 Å². The Labute approximate surface area is 124 Å². The second kappa shape index (κ2) is 5.30. The van der Waals surface area contributed by atoms with Gasteiger partial charge in [-0.05, 0) is 52.9 Å². The first kappa shape index (κ1) is 13.8. The van der Waals surface area contributed by atoms with Gasteiger partial charge in [-0.1, -0.05) is 48.5 Å². The Morgan fingerprint density at radius 1 is 0.905 bits per heavy atom. The molecule has 21 heavy (non-hydrogen) atoms. The van der Waals surface area contributed by atoms with E-state index in [2.05, 4.69) is 31.2 Å². The molecule has 0 aliphatic heterocycles. The summed E-state index contributed by atoms with van der Waals surface area (Å²) in [5.41, 5.74) is 10.3. The summed E-state index contributed by atoms with van der Waals surface area (Å²) in [6, 6.07) is 17.3. The van der Waals surface area contributed by atoms with Crippen LogP contribution in [0.1, 0.15) is 28.3 Å². The summed E-state index contributed by atoms with van der Waals surface area (Å²) < 4.78 is 13.5. The average molecular weight is 279 g/mol. The van der Waals surface area contributed by atoms with Crippen LogP contribution in [-0.2, 0) is 0 Å². The predicted molar refractivity (Wildman–Crippen MR) is 85.9 cm³/mol. The van der Waals surface area contributed by atoms with Crippen molar-refractivity contribution in [2.45, 2.75) is 19.9 Å². The minimum absolute atomic E-state index is 0.194. The maximum absolute atomic E-state index is 13.5. The van der Waals surface area contributed by atoms with Crippen molar-refractivity contribution in [2.75, 3.05) is 0 Å². The maximum atomic E-state index is 13.5. The van der Waals surface area contributed by atoms with Gasteiger partial charge in [-0.2, -0.15) is 0 Å². The van der Waals surface area contributed by atoms with Crippen LogP contribution in [0.15, 0.2) is 54.6 Å². The molecule has 0 aromatic heterocycles. The lowest BCUT2D eigenvalue weighted by atomic mass is 9.90. The molecule has 0 fully saturated rings. The first-order valence-electron chi connectivity index (χ1n) is 7.08. The Kier molecular flexibility index (Phi) is 3.48. The van der Waals surface area contributed by atoms with Crippen molar-refractivity contribution < 1.29 is 4.39 Å². The van der Waals surface area contributed by atoms with E-state index in [9.17, 15) is 4.39 Å². The number of hydrogen-bond donors (Lipinski definition) is 1. The largest absolute Gasteiger partial charge is 0.320 e. The molecule has 0 saturated carbocycles. The van der Waals surface area contributed by atoms with Crippen LogP contribution in [0.2, 0.25) is 0 Å². The zero-order valence-electron chi connectivity index (χ0n) is 12.2. The molecule has 2 heteroatoms. The van der Waals surface area contributed by atoms with E-state index in [-0.39, 0.29) is 11.9 Å². The summed E-state index contributed by atoms with van der Waals surface area (Å²) in [5.74, 6) is -0.194. The summed E-state index contributed by atoms with van der Waals surface area (Å²) in [4.78, 5) is 0. The van der Waals surface area contributed by atoms with Crippen LogP contribution in [-0.4, -0.2) is 0 Å². The molecule has 0 heterocycles. The highest BCUT2D eigenvalue weighted by Crippen LogP contribution is 2.30. The van der Waals surface area contributed by atoms with Crippen LogP contribution in [0.3, 0.4) is 0 Å². The number of benzene rings is 3. The number of fused-ring (bicyclic) bond motifs is 1. The second-order valence-corrected chi connectivity index (χ2v) is 5.50. The van der Waals surface area contributed by atoms with Crippen molar-refractivity contribution >= 4 is 10.8 Å². The van der Waals surface area contributed by atoms with Crippen molar-refractivity contribution in [1.29, 1.82) is 0 Å².